The molecule has 0 atom stereocenters. The van der Waals surface area contributed by atoms with Gasteiger partial charge in [-0.25, -0.2) is 4.98 Å². The van der Waals surface area contributed by atoms with Crippen molar-refractivity contribution >= 4 is 28.9 Å². The standard InChI is InChI=1S/C16H18N6O/c1-4-12-9-15(22-16(20-12)17-10-18-22)19-13-5-7-14(8-6-13)21(3)11(2)23/h5-10,19H,4H2,1-3H3. The molecule has 0 spiro atoms. The zero-order valence-electron chi connectivity index (χ0n) is 13.3. The lowest BCUT2D eigenvalue weighted by atomic mass is 10.2. The number of benzene rings is 1. The number of aryl methyl sites for hydroxylation is 1. The number of nitrogens with one attached hydrogen (secondary N) is 1. The summed E-state index contributed by atoms with van der Waals surface area (Å²) in [5, 5.41) is 7.51. The highest BCUT2D eigenvalue weighted by molar-refractivity contribution is 5.91. The van der Waals surface area contributed by atoms with E-state index in [0.29, 0.717) is 5.78 Å². The van der Waals surface area contributed by atoms with Crippen LogP contribution >= 0.6 is 0 Å². The van der Waals surface area contributed by atoms with Crippen molar-refractivity contribution in [2.75, 3.05) is 17.3 Å². The molecule has 2 heterocycles. The van der Waals surface area contributed by atoms with Crippen molar-refractivity contribution in [2.45, 2.75) is 20.3 Å². The van der Waals surface area contributed by atoms with Crippen molar-refractivity contribution < 1.29 is 4.79 Å². The lowest BCUT2D eigenvalue weighted by Gasteiger charge is -2.16. The molecule has 0 aliphatic heterocycles. The second-order valence-corrected chi connectivity index (χ2v) is 5.21. The Kier molecular flexibility index (Phi) is 3.92. The third-order valence-electron chi connectivity index (χ3n) is 3.67. The fraction of sp³-hybridized carbons (Fsp3) is 0.250. The van der Waals surface area contributed by atoms with Crippen molar-refractivity contribution in [1.82, 2.24) is 19.6 Å². The molecule has 0 unspecified atom stereocenters. The summed E-state index contributed by atoms with van der Waals surface area (Å²) in [4.78, 5) is 21.6. The number of anilines is 3. The van der Waals surface area contributed by atoms with Crippen molar-refractivity contribution in [1.29, 1.82) is 0 Å². The first-order chi connectivity index (χ1) is 11.1. The van der Waals surface area contributed by atoms with Crippen LogP contribution in [0.1, 0.15) is 19.5 Å². The van der Waals surface area contributed by atoms with Gasteiger partial charge in [-0.05, 0) is 30.7 Å². The van der Waals surface area contributed by atoms with Crippen LogP contribution in [0.4, 0.5) is 17.2 Å². The number of rotatable bonds is 4. The number of nitrogens with zero attached hydrogens (tertiary/aromatic N) is 5. The van der Waals surface area contributed by atoms with E-state index in [1.807, 2.05) is 37.3 Å². The topological polar surface area (TPSA) is 75.4 Å². The number of aromatic nitrogens is 4. The second kappa shape index (κ2) is 6.04. The zero-order valence-corrected chi connectivity index (χ0v) is 13.3. The SMILES string of the molecule is CCc1cc(Nc2ccc(N(C)C(C)=O)cc2)n2ncnc2n1. The van der Waals surface area contributed by atoms with Crippen molar-refractivity contribution in [3.05, 3.63) is 42.4 Å². The van der Waals surface area contributed by atoms with Crippen LogP contribution < -0.4 is 10.2 Å². The van der Waals surface area contributed by atoms with Crippen LogP contribution in [0.5, 0.6) is 0 Å². The van der Waals surface area contributed by atoms with Gasteiger partial charge >= 0.3 is 0 Å². The van der Waals surface area contributed by atoms with Gasteiger partial charge in [0.25, 0.3) is 5.78 Å². The lowest BCUT2D eigenvalue weighted by molar-refractivity contribution is -0.116. The average Bonchev–Trinajstić information content (AvgIpc) is 3.03. The Morgan fingerprint density at radius 2 is 2.04 bits per heavy atom. The third-order valence-corrected chi connectivity index (χ3v) is 3.67. The van der Waals surface area contributed by atoms with Crippen LogP contribution in [0.2, 0.25) is 0 Å². The molecule has 1 N–H and O–H groups in total. The van der Waals surface area contributed by atoms with Crippen LogP contribution in [0.15, 0.2) is 36.7 Å². The Bertz CT molecular complexity index is 839. The Morgan fingerprint density at radius 3 is 2.70 bits per heavy atom. The first kappa shape index (κ1) is 15.0. The summed E-state index contributed by atoms with van der Waals surface area (Å²) in [6, 6.07) is 9.58. The van der Waals surface area contributed by atoms with Crippen LogP contribution in [0.3, 0.4) is 0 Å². The van der Waals surface area contributed by atoms with E-state index >= 15 is 0 Å². The molecular weight excluding hydrogens is 292 g/mol. The zero-order chi connectivity index (χ0) is 16.4. The Morgan fingerprint density at radius 1 is 1.30 bits per heavy atom. The van der Waals surface area contributed by atoms with E-state index in [1.165, 1.54) is 13.3 Å². The minimum absolute atomic E-state index is 0.00301. The molecule has 7 heteroatoms. The molecule has 0 aliphatic carbocycles. The van der Waals surface area contributed by atoms with E-state index in [4.69, 9.17) is 0 Å². The molecular formula is C16H18N6O. The molecule has 118 valence electrons. The first-order valence-corrected chi connectivity index (χ1v) is 7.39. The van der Waals surface area contributed by atoms with E-state index in [-0.39, 0.29) is 5.91 Å². The van der Waals surface area contributed by atoms with Gasteiger partial charge < -0.3 is 10.2 Å². The number of hydrogen-bond acceptors (Lipinski definition) is 5. The highest BCUT2D eigenvalue weighted by Crippen LogP contribution is 2.21. The molecule has 0 aliphatic rings. The molecule has 0 saturated heterocycles. The van der Waals surface area contributed by atoms with E-state index in [2.05, 4.69) is 20.4 Å². The maximum absolute atomic E-state index is 11.4. The highest BCUT2D eigenvalue weighted by Gasteiger charge is 2.08. The summed E-state index contributed by atoms with van der Waals surface area (Å²) in [6.07, 6.45) is 2.30. The van der Waals surface area contributed by atoms with E-state index < -0.39 is 0 Å². The average molecular weight is 310 g/mol. The third kappa shape index (κ3) is 2.98. The smallest absolute Gasteiger partial charge is 0.254 e. The predicted octanol–water partition coefficient (Wildman–Crippen LogP) is 2.41. The van der Waals surface area contributed by atoms with Crippen LogP contribution in [0.25, 0.3) is 5.78 Å². The largest absolute Gasteiger partial charge is 0.340 e. The highest BCUT2D eigenvalue weighted by atomic mass is 16.2. The second-order valence-electron chi connectivity index (χ2n) is 5.21. The van der Waals surface area contributed by atoms with Gasteiger partial charge in [-0.15, -0.1) is 0 Å². The molecule has 7 nitrogen and oxygen atoms in total. The molecule has 2 aromatic heterocycles. The van der Waals surface area contributed by atoms with Gasteiger partial charge in [-0.3, -0.25) is 4.79 Å². The number of amides is 1. The van der Waals surface area contributed by atoms with Crippen molar-refractivity contribution in [3.8, 4) is 0 Å². The number of hydrogen-bond donors (Lipinski definition) is 1. The quantitative estimate of drug-likeness (QED) is 0.801. The summed E-state index contributed by atoms with van der Waals surface area (Å²) in [5.74, 6) is 1.37. The molecule has 0 radical (unpaired) electrons. The van der Waals surface area contributed by atoms with Gasteiger partial charge in [-0.2, -0.15) is 14.6 Å². The summed E-state index contributed by atoms with van der Waals surface area (Å²) in [6.45, 7) is 3.59. The summed E-state index contributed by atoms with van der Waals surface area (Å²) in [7, 11) is 1.75. The molecule has 0 fully saturated rings. The Labute approximate surface area is 134 Å². The molecule has 1 aromatic carbocycles. The lowest BCUT2D eigenvalue weighted by Crippen LogP contribution is -2.22. The van der Waals surface area contributed by atoms with E-state index in [0.717, 1.165) is 29.3 Å². The maximum Gasteiger partial charge on any atom is 0.254 e. The number of carbonyl (C=O) groups excluding carboxylic acids is 1. The van der Waals surface area contributed by atoms with Crippen molar-refractivity contribution in [3.63, 3.8) is 0 Å². The maximum atomic E-state index is 11.4. The molecule has 23 heavy (non-hydrogen) atoms. The molecule has 3 aromatic rings. The Hall–Kier alpha value is -2.96. The monoisotopic (exact) mass is 310 g/mol. The van der Waals surface area contributed by atoms with Gasteiger partial charge in [-0.1, -0.05) is 6.92 Å². The predicted molar refractivity (Wildman–Crippen MR) is 89.0 cm³/mol. The van der Waals surface area contributed by atoms with E-state index in [9.17, 15) is 4.79 Å². The van der Waals surface area contributed by atoms with Crippen molar-refractivity contribution in [2.24, 2.45) is 0 Å². The van der Waals surface area contributed by atoms with Gasteiger partial charge in [0.05, 0.1) is 0 Å². The summed E-state index contributed by atoms with van der Waals surface area (Å²) in [5.41, 5.74) is 2.69. The van der Waals surface area contributed by atoms with Crippen LogP contribution in [-0.2, 0) is 11.2 Å². The van der Waals surface area contributed by atoms with Crippen LogP contribution in [-0.4, -0.2) is 32.5 Å². The Balaban J connectivity index is 1.90. The normalized spacial score (nSPS) is 10.7. The number of fused-ring (bicyclic) bond motifs is 1. The van der Waals surface area contributed by atoms with Gasteiger partial charge in [0.1, 0.15) is 12.1 Å². The minimum atomic E-state index is -0.00301. The summed E-state index contributed by atoms with van der Waals surface area (Å²) >= 11 is 0. The fourth-order valence-corrected chi connectivity index (χ4v) is 2.23. The molecule has 0 saturated carbocycles. The van der Waals surface area contributed by atoms with E-state index in [1.54, 1.807) is 16.5 Å². The van der Waals surface area contributed by atoms with Gasteiger partial charge in [0.2, 0.25) is 5.91 Å². The molecule has 3 rings (SSSR count). The first-order valence-electron chi connectivity index (χ1n) is 7.39. The van der Waals surface area contributed by atoms with Gasteiger partial charge in [0.15, 0.2) is 0 Å². The summed E-state index contributed by atoms with van der Waals surface area (Å²) < 4.78 is 1.66. The molecule has 1 amide bonds. The van der Waals surface area contributed by atoms with Crippen LogP contribution in [0, 0.1) is 0 Å². The number of carbonyl (C=O) groups is 1. The van der Waals surface area contributed by atoms with Gasteiger partial charge in [0, 0.05) is 37.1 Å². The molecule has 0 bridgehead atoms. The fourth-order valence-electron chi connectivity index (χ4n) is 2.23. The minimum Gasteiger partial charge on any atom is -0.340 e.